The zero-order valence-electron chi connectivity index (χ0n) is 16.8. The largest absolute Gasteiger partial charge is 0.0885 e. The Bertz CT molecular complexity index is 259. The van der Waals surface area contributed by atoms with E-state index in [1.54, 1.807) is 0 Å². The molecule has 0 aromatic heterocycles. The lowest BCUT2D eigenvalue weighted by molar-refractivity contribution is 0.485. The summed E-state index contributed by atoms with van der Waals surface area (Å²) in [5.41, 5.74) is 0. The highest BCUT2D eigenvalue weighted by Gasteiger charge is 2.12. The Morgan fingerprint density at radius 2 is 1.08 bits per heavy atom. The minimum atomic E-state index is 1.31. The Labute approximate surface area is 153 Å². The van der Waals surface area contributed by atoms with E-state index in [-0.39, 0.29) is 0 Å². The Balaban J connectivity index is 1.71. The fourth-order valence-electron chi connectivity index (χ4n) is 3.92. The molecule has 0 heteroatoms. The van der Waals surface area contributed by atoms with E-state index < -0.39 is 0 Å². The Kier molecular flexibility index (Phi) is 15.9. The van der Waals surface area contributed by atoms with Crippen LogP contribution in [0.2, 0.25) is 0 Å². The van der Waals surface area contributed by atoms with Crippen LogP contribution in [0.3, 0.4) is 0 Å². The summed E-state index contributed by atoms with van der Waals surface area (Å²) < 4.78 is 0. The number of allylic oxidation sites excluding steroid dienone is 2. The van der Waals surface area contributed by atoms with Crippen LogP contribution < -0.4 is 0 Å². The van der Waals surface area contributed by atoms with Crippen LogP contribution in [-0.2, 0) is 0 Å². The van der Waals surface area contributed by atoms with Crippen LogP contribution in [0.5, 0.6) is 0 Å². The fourth-order valence-corrected chi connectivity index (χ4v) is 3.92. The molecular formula is C24H45. The van der Waals surface area contributed by atoms with Crippen molar-refractivity contribution in [1.29, 1.82) is 0 Å². The minimum Gasteiger partial charge on any atom is -0.0885 e. The van der Waals surface area contributed by atoms with Crippen LogP contribution in [0.25, 0.3) is 0 Å². The molecule has 0 aromatic rings. The maximum atomic E-state index is 2.44. The van der Waals surface area contributed by atoms with Gasteiger partial charge >= 0.3 is 0 Å². The van der Waals surface area contributed by atoms with Gasteiger partial charge in [-0.2, -0.15) is 0 Å². The van der Waals surface area contributed by atoms with Crippen molar-refractivity contribution in [3.8, 4) is 0 Å². The molecule has 0 heterocycles. The Hall–Kier alpha value is -0.260. The van der Waals surface area contributed by atoms with E-state index in [0.29, 0.717) is 0 Å². The molecular weight excluding hydrogens is 288 g/mol. The average molecular weight is 334 g/mol. The van der Waals surface area contributed by atoms with E-state index in [1.165, 1.54) is 128 Å². The summed E-state index contributed by atoms with van der Waals surface area (Å²) in [6.07, 6.45) is 33.5. The van der Waals surface area contributed by atoms with E-state index >= 15 is 0 Å². The first-order valence-electron chi connectivity index (χ1n) is 11.4. The molecule has 0 aromatic carbocycles. The second kappa shape index (κ2) is 17.6. The first kappa shape index (κ1) is 21.8. The van der Waals surface area contributed by atoms with Crippen molar-refractivity contribution >= 4 is 0 Å². The zero-order chi connectivity index (χ0) is 17.1. The quantitative estimate of drug-likeness (QED) is 0.195. The van der Waals surface area contributed by atoms with Crippen molar-refractivity contribution in [2.24, 2.45) is 0 Å². The molecule has 0 aliphatic heterocycles. The maximum Gasteiger partial charge on any atom is -0.0241 e. The lowest BCUT2D eigenvalue weighted by Gasteiger charge is -2.20. The molecule has 24 heavy (non-hydrogen) atoms. The predicted molar refractivity (Wildman–Crippen MR) is 110 cm³/mol. The van der Waals surface area contributed by atoms with Crippen molar-refractivity contribution in [2.75, 3.05) is 0 Å². The molecule has 0 N–H and O–H groups in total. The summed E-state index contributed by atoms with van der Waals surface area (Å²) in [5, 5.41) is 0. The third-order valence-electron chi connectivity index (χ3n) is 5.60. The second-order valence-corrected chi connectivity index (χ2v) is 8.00. The maximum absolute atomic E-state index is 2.44. The third-order valence-corrected chi connectivity index (χ3v) is 5.60. The van der Waals surface area contributed by atoms with Gasteiger partial charge in [-0.1, -0.05) is 103 Å². The van der Waals surface area contributed by atoms with Gasteiger partial charge in [-0.15, -0.1) is 0 Å². The van der Waals surface area contributed by atoms with E-state index in [9.17, 15) is 0 Å². The Morgan fingerprint density at radius 1 is 0.583 bits per heavy atom. The monoisotopic (exact) mass is 333 g/mol. The summed E-state index contributed by atoms with van der Waals surface area (Å²) in [7, 11) is 0. The molecule has 1 aliphatic carbocycles. The van der Waals surface area contributed by atoms with Crippen molar-refractivity contribution in [2.45, 2.75) is 135 Å². The molecule has 1 saturated carbocycles. The SMILES string of the molecule is CCCCCCCCC=CCCCCCCCC[C]1CCCCC1. The molecule has 0 unspecified atom stereocenters. The normalized spacial score (nSPS) is 16.2. The molecule has 0 saturated heterocycles. The van der Waals surface area contributed by atoms with Gasteiger partial charge in [0.15, 0.2) is 0 Å². The van der Waals surface area contributed by atoms with Gasteiger partial charge in [0.1, 0.15) is 0 Å². The molecule has 1 rings (SSSR count). The van der Waals surface area contributed by atoms with Crippen LogP contribution in [0.1, 0.15) is 135 Å². The van der Waals surface area contributed by atoms with Crippen molar-refractivity contribution in [1.82, 2.24) is 0 Å². The molecule has 0 bridgehead atoms. The number of rotatable bonds is 16. The summed E-state index contributed by atoms with van der Waals surface area (Å²) in [6.45, 7) is 2.29. The molecule has 1 aliphatic rings. The summed E-state index contributed by atoms with van der Waals surface area (Å²) in [6, 6.07) is 0. The Morgan fingerprint density at radius 3 is 1.67 bits per heavy atom. The van der Waals surface area contributed by atoms with Crippen LogP contribution in [0, 0.1) is 5.92 Å². The topological polar surface area (TPSA) is 0 Å². The first-order valence-corrected chi connectivity index (χ1v) is 11.4. The van der Waals surface area contributed by atoms with E-state index in [2.05, 4.69) is 19.1 Å². The predicted octanol–water partition coefficient (Wildman–Crippen LogP) is 8.95. The first-order chi connectivity index (χ1) is 11.9. The molecule has 1 fully saturated rings. The van der Waals surface area contributed by atoms with E-state index in [4.69, 9.17) is 0 Å². The highest BCUT2D eigenvalue weighted by molar-refractivity contribution is 4.91. The smallest absolute Gasteiger partial charge is 0.0241 e. The van der Waals surface area contributed by atoms with Crippen molar-refractivity contribution in [3.63, 3.8) is 0 Å². The summed E-state index contributed by atoms with van der Waals surface area (Å²) >= 11 is 0. The number of unbranched alkanes of at least 4 members (excludes halogenated alkanes) is 12. The molecule has 0 nitrogen and oxygen atoms in total. The van der Waals surface area contributed by atoms with Crippen LogP contribution >= 0.6 is 0 Å². The highest BCUT2D eigenvalue weighted by atomic mass is 14.2. The molecule has 0 atom stereocenters. The van der Waals surface area contributed by atoms with E-state index in [0.717, 1.165) is 0 Å². The average Bonchev–Trinajstić information content (AvgIpc) is 2.62. The summed E-state index contributed by atoms with van der Waals surface area (Å²) in [5.74, 6) is 1.89. The van der Waals surface area contributed by atoms with Crippen LogP contribution in [-0.4, -0.2) is 0 Å². The fraction of sp³-hybridized carbons (Fsp3) is 0.875. The van der Waals surface area contributed by atoms with Crippen LogP contribution in [0.4, 0.5) is 0 Å². The van der Waals surface area contributed by atoms with Gasteiger partial charge in [-0.05, 0) is 50.9 Å². The van der Waals surface area contributed by atoms with Gasteiger partial charge < -0.3 is 0 Å². The summed E-state index contributed by atoms with van der Waals surface area (Å²) in [4.78, 5) is 0. The van der Waals surface area contributed by atoms with Gasteiger partial charge in [-0.25, -0.2) is 0 Å². The van der Waals surface area contributed by atoms with E-state index in [1.807, 2.05) is 5.92 Å². The van der Waals surface area contributed by atoms with Gasteiger partial charge in [0.05, 0.1) is 0 Å². The van der Waals surface area contributed by atoms with Gasteiger partial charge in [0.25, 0.3) is 0 Å². The van der Waals surface area contributed by atoms with Crippen molar-refractivity contribution in [3.05, 3.63) is 18.1 Å². The minimum absolute atomic E-state index is 1.31. The molecule has 0 spiro atoms. The zero-order valence-corrected chi connectivity index (χ0v) is 16.8. The molecule has 141 valence electrons. The van der Waals surface area contributed by atoms with Crippen molar-refractivity contribution < 1.29 is 0 Å². The molecule has 1 radical (unpaired) electrons. The standard InChI is InChI=1S/C24H45/c1-2-3-4-5-6-7-8-9-10-11-12-13-14-15-16-18-21-24-22-19-17-20-23-24/h9-10H,2-8,11-23H2,1H3. The lowest BCUT2D eigenvalue weighted by Crippen LogP contribution is -2.03. The number of hydrogen-bond donors (Lipinski definition) is 0. The van der Waals surface area contributed by atoms with Gasteiger partial charge in [0, 0.05) is 0 Å². The third kappa shape index (κ3) is 14.1. The van der Waals surface area contributed by atoms with Gasteiger partial charge in [0.2, 0.25) is 0 Å². The highest BCUT2D eigenvalue weighted by Crippen LogP contribution is 2.29. The van der Waals surface area contributed by atoms with Gasteiger partial charge in [-0.3, -0.25) is 0 Å². The second-order valence-electron chi connectivity index (χ2n) is 8.00. The lowest BCUT2D eigenvalue weighted by atomic mass is 9.85. The van der Waals surface area contributed by atoms with Crippen LogP contribution in [0.15, 0.2) is 12.2 Å². The molecule has 0 amide bonds. The number of hydrogen-bond acceptors (Lipinski definition) is 0.